The number of nitriles is 1. The Kier molecular flexibility index (Phi) is 6.32. The van der Waals surface area contributed by atoms with Gasteiger partial charge >= 0.3 is 0 Å². The Bertz CT molecular complexity index is 646. The van der Waals surface area contributed by atoms with Gasteiger partial charge in [-0.1, -0.05) is 42.5 Å². The van der Waals surface area contributed by atoms with Crippen molar-refractivity contribution >= 4 is 34.8 Å². The van der Waals surface area contributed by atoms with Crippen molar-refractivity contribution in [1.29, 1.82) is 5.26 Å². The van der Waals surface area contributed by atoms with Crippen LogP contribution in [0, 0.1) is 11.3 Å². The number of benzene rings is 1. The van der Waals surface area contributed by atoms with Crippen molar-refractivity contribution in [3.8, 4) is 6.07 Å². The highest BCUT2D eigenvalue weighted by atomic mass is 35.5. The molecule has 1 amide bonds. The van der Waals surface area contributed by atoms with Crippen LogP contribution in [0.4, 0.5) is 5.69 Å². The van der Waals surface area contributed by atoms with Crippen molar-refractivity contribution in [3.05, 3.63) is 40.0 Å². The molecule has 4 nitrogen and oxygen atoms in total. The van der Waals surface area contributed by atoms with Crippen LogP contribution in [-0.2, 0) is 4.79 Å². The normalized spacial score (nSPS) is 15.8. The van der Waals surface area contributed by atoms with Crippen LogP contribution in [0.25, 0.3) is 0 Å². The first kappa shape index (κ1) is 17.7. The Morgan fingerprint density at radius 3 is 2.61 bits per heavy atom. The van der Waals surface area contributed by atoms with E-state index in [1.165, 1.54) is 19.3 Å². The van der Waals surface area contributed by atoms with Crippen molar-refractivity contribution in [2.45, 2.75) is 38.1 Å². The molecule has 23 heavy (non-hydrogen) atoms. The molecule has 0 radical (unpaired) electrons. The van der Waals surface area contributed by atoms with Gasteiger partial charge in [0.1, 0.15) is 11.6 Å². The molecular formula is C17H19Cl2N3O. The van der Waals surface area contributed by atoms with Crippen molar-refractivity contribution < 1.29 is 4.79 Å². The molecule has 1 aromatic carbocycles. The summed E-state index contributed by atoms with van der Waals surface area (Å²) < 4.78 is 0. The molecule has 1 saturated carbocycles. The van der Waals surface area contributed by atoms with E-state index >= 15 is 0 Å². The number of halogens is 2. The van der Waals surface area contributed by atoms with Gasteiger partial charge in [0.2, 0.25) is 0 Å². The Labute approximate surface area is 146 Å². The molecule has 1 N–H and O–H groups in total. The molecule has 0 bridgehead atoms. The Hall–Kier alpha value is -1.70. The van der Waals surface area contributed by atoms with Gasteiger partial charge in [0.25, 0.3) is 5.91 Å². The molecule has 0 saturated heterocycles. The summed E-state index contributed by atoms with van der Waals surface area (Å²) in [5.41, 5.74) is 0.579. The van der Waals surface area contributed by atoms with Crippen molar-refractivity contribution in [2.24, 2.45) is 0 Å². The fraction of sp³-hybridized carbons (Fsp3) is 0.412. The zero-order valence-corrected chi connectivity index (χ0v) is 14.5. The number of amides is 1. The molecular weight excluding hydrogens is 333 g/mol. The summed E-state index contributed by atoms with van der Waals surface area (Å²) in [7, 11) is 1.92. The van der Waals surface area contributed by atoms with E-state index in [9.17, 15) is 10.1 Å². The molecule has 1 aromatic rings. The molecule has 1 fully saturated rings. The fourth-order valence-corrected chi connectivity index (χ4v) is 3.01. The fourth-order valence-electron chi connectivity index (χ4n) is 2.71. The molecule has 0 atom stereocenters. The summed E-state index contributed by atoms with van der Waals surface area (Å²) in [6.45, 7) is 0. The number of nitrogens with zero attached hydrogens (tertiary/aromatic N) is 2. The van der Waals surface area contributed by atoms with Gasteiger partial charge in [0.05, 0.1) is 10.0 Å². The van der Waals surface area contributed by atoms with Crippen LogP contribution >= 0.6 is 23.2 Å². The van der Waals surface area contributed by atoms with Crippen LogP contribution in [0.3, 0.4) is 0 Å². The monoisotopic (exact) mass is 351 g/mol. The van der Waals surface area contributed by atoms with Gasteiger partial charge in [-0.25, -0.2) is 0 Å². The van der Waals surface area contributed by atoms with Crippen LogP contribution in [-0.4, -0.2) is 23.9 Å². The second kappa shape index (κ2) is 8.24. The molecule has 2 rings (SSSR count). The third kappa shape index (κ3) is 4.89. The van der Waals surface area contributed by atoms with Gasteiger partial charge < -0.3 is 10.2 Å². The molecule has 122 valence electrons. The molecule has 6 heteroatoms. The van der Waals surface area contributed by atoms with Gasteiger partial charge in [-0.2, -0.15) is 5.26 Å². The maximum Gasteiger partial charge on any atom is 0.267 e. The molecule has 0 heterocycles. The van der Waals surface area contributed by atoms with Crippen molar-refractivity contribution in [3.63, 3.8) is 0 Å². The first-order valence-corrected chi connectivity index (χ1v) is 8.37. The van der Waals surface area contributed by atoms with Gasteiger partial charge in [0.15, 0.2) is 0 Å². The van der Waals surface area contributed by atoms with E-state index < -0.39 is 5.91 Å². The second-order valence-corrected chi connectivity index (χ2v) is 6.51. The van der Waals surface area contributed by atoms with Gasteiger partial charge in [-0.15, -0.1) is 0 Å². The lowest BCUT2D eigenvalue weighted by Gasteiger charge is -2.30. The maximum absolute atomic E-state index is 12.3. The number of nitrogens with one attached hydrogen (secondary N) is 1. The van der Waals surface area contributed by atoms with Crippen LogP contribution in [0.15, 0.2) is 30.0 Å². The lowest BCUT2D eigenvalue weighted by Crippen LogP contribution is -2.30. The van der Waals surface area contributed by atoms with E-state index in [2.05, 4.69) is 5.32 Å². The van der Waals surface area contributed by atoms with Gasteiger partial charge in [-0.05, 0) is 31.0 Å². The highest BCUT2D eigenvalue weighted by Gasteiger charge is 2.18. The first-order valence-electron chi connectivity index (χ1n) is 7.61. The van der Waals surface area contributed by atoms with E-state index in [0.717, 1.165) is 12.8 Å². The highest BCUT2D eigenvalue weighted by molar-refractivity contribution is 6.42. The smallest absolute Gasteiger partial charge is 0.267 e. The van der Waals surface area contributed by atoms with E-state index in [0.29, 0.717) is 21.8 Å². The summed E-state index contributed by atoms with van der Waals surface area (Å²) >= 11 is 11.8. The summed E-state index contributed by atoms with van der Waals surface area (Å²) in [4.78, 5) is 14.2. The van der Waals surface area contributed by atoms with E-state index in [1.807, 2.05) is 18.0 Å². The summed E-state index contributed by atoms with van der Waals surface area (Å²) in [6, 6.07) is 7.16. The number of hydrogen-bond donors (Lipinski definition) is 1. The number of carbonyl (C=O) groups is 1. The minimum absolute atomic E-state index is 0.0733. The first-order chi connectivity index (χ1) is 11.0. The quantitative estimate of drug-likeness (QED) is 0.636. The minimum Gasteiger partial charge on any atom is -0.376 e. The SMILES string of the molecule is CN(/C=C(/C#N)C(=O)Nc1ccc(Cl)c(Cl)c1)C1CCCCC1. The average Bonchev–Trinajstić information content (AvgIpc) is 2.56. The van der Waals surface area contributed by atoms with Crippen LogP contribution in [0.2, 0.25) is 10.0 Å². The lowest BCUT2D eigenvalue weighted by molar-refractivity contribution is -0.112. The Morgan fingerprint density at radius 2 is 2.00 bits per heavy atom. The second-order valence-electron chi connectivity index (χ2n) is 5.69. The largest absolute Gasteiger partial charge is 0.376 e. The van der Waals surface area contributed by atoms with Crippen molar-refractivity contribution in [1.82, 2.24) is 4.90 Å². The molecule has 0 aromatic heterocycles. The topological polar surface area (TPSA) is 56.1 Å². The van der Waals surface area contributed by atoms with Crippen molar-refractivity contribution in [2.75, 3.05) is 12.4 Å². The molecule has 1 aliphatic carbocycles. The number of hydrogen-bond acceptors (Lipinski definition) is 3. The highest BCUT2D eigenvalue weighted by Crippen LogP contribution is 2.25. The molecule has 0 aliphatic heterocycles. The molecule has 1 aliphatic rings. The zero-order chi connectivity index (χ0) is 16.8. The predicted octanol–water partition coefficient (Wildman–Crippen LogP) is 4.60. The van der Waals surface area contributed by atoms with E-state index in [4.69, 9.17) is 23.2 Å². The van der Waals surface area contributed by atoms with Crippen LogP contribution in [0.5, 0.6) is 0 Å². The Balaban J connectivity index is 2.06. The number of carbonyl (C=O) groups excluding carboxylic acids is 1. The average molecular weight is 352 g/mol. The lowest BCUT2D eigenvalue weighted by atomic mass is 9.94. The third-order valence-corrected chi connectivity index (χ3v) is 4.76. The van der Waals surface area contributed by atoms with E-state index in [1.54, 1.807) is 24.4 Å². The number of rotatable bonds is 4. The number of anilines is 1. The van der Waals surface area contributed by atoms with Gasteiger partial charge in [-0.3, -0.25) is 4.79 Å². The van der Waals surface area contributed by atoms with Crippen LogP contribution in [0.1, 0.15) is 32.1 Å². The van der Waals surface area contributed by atoms with Gasteiger partial charge in [0, 0.05) is 25.0 Å². The minimum atomic E-state index is -0.450. The third-order valence-electron chi connectivity index (χ3n) is 4.03. The maximum atomic E-state index is 12.3. The summed E-state index contributed by atoms with van der Waals surface area (Å²) in [5.74, 6) is -0.450. The molecule has 0 unspecified atom stereocenters. The zero-order valence-electron chi connectivity index (χ0n) is 13.0. The summed E-state index contributed by atoms with van der Waals surface area (Å²) in [6.07, 6.45) is 7.47. The predicted molar refractivity (Wildman–Crippen MR) is 93.4 cm³/mol. The Morgan fingerprint density at radius 1 is 1.30 bits per heavy atom. The van der Waals surface area contributed by atoms with E-state index in [-0.39, 0.29) is 5.57 Å². The standard InChI is InChI=1S/C17H19Cl2N3O/c1-22(14-5-3-2-4-6-14)11-12(10-20)17(23)21-13-7-8-15(18)16(19)9-13/h7-9,11,14H,2-6H2,1H3,(H,21,23)/b12-11-. The summed E-state index contributed by atoms with van der Waals surface area (Å²) in [5, 5.41) is 12.7. The molecule has 0 spiro atoms. The van der Waals surface area contributed by atoms with Crippen LogP contribution < -0.4 is 5.32 Å².